The first kappa shape index (κ1) is 27.6. The highest BCUT2D eigenvalue weighted by molar-refractivity contribution is 5.79. The minimum Gasteiger partial charge on any atom is -0.506 e. The predicted molar refractivity (Wildman–Crippen MR) is 165 cm³/mol. The van der Waals surface area contributed by atoms with E-state index in [9.17, 15) is 5.11 Å². The number of rotatable bonds is 10. The first-order valence-electron chi connectivity index (χ1n) is 14.5. The first-order valence-corrected chi connectivity index (χ1v) is 14.5. The zero-order valence-electron chi connectivity index (χ0n) is 23.7. The molecular weight excluding hydrogens is 498 g/mol. The molecule has 2 aliphatic rings. The summed E-state index contributed by atoms with van der Waals surface area (Å²) in [5.74, 6) is 7.42. The van der Waals surface area contributed by atoms with Gasteiger partial charge in [-0.3, -0.25) is 0 Å². The number of allylic oxidation sites excluding steroid dienone is 3. The van der Waals surface area contributed by atoms with Gasteiger partial charge in [0.25, 0.3) is 0 Å². The van der Waals surface area contributed by atoms with Gasteiger partial charge in [0.15, 0.2) is 5.82 Å². The zero-order chi connectivity index (χ0) is 27.9. The number of imidazole rings is 1. The summed E-state index contributed by atoms with van der Waals surface area (Å²) in [6.45, 7) is 9.66. The molecule has 0 saturated carbocycles. The Balaban J connectivity index is 1.49. The van der Waals surface area contributed by atoms with Gasteiger partial charge in [-0.05, 0) is 69.4 Å². The fourth-order valence-electron chi connectivity index (χ4n) is 5.46. The van der Waals surface area contributed by atoms with Crippen LogP contribution in [0.5, 0.6) is 0 Å². The number of hydrogen-bond donors (Lipinski definition) is 2. The van der Waals surface area contributed by atoms with E-state index in [1.807, 2.05) is 49.4 Å². The van der Waals surface area contributed by atoms with E-state index < -0.39 is 0 Å². The Morgan fingerprint density at radius 1 is 0.925 bits per heavy atom. The van der Waals surface area contributed by atoms with Gasteiger partial charge < -0.3 is 25.5 Å². The molecule has 40 heavy (non-hydrogen) atoms. The third-order valence-electron chi connectivity index (χ3n) is 7.75. The molecule has 0 radical (unpaired) electrons. The minimum absolute atomic E-state index is 0.0955. The Bertz CT molecular complexity index is 1360. The first-order chi connectivity index (χ1) is 19.5. The van der Waals surface area contributed by atoms with Gasteiger partial charge in [-0.15, -0.1) is 0 Å². The van der Waals surface area contributed by atoms with Crippen LogP contribution >= 0.6 is 0 Å². The lowest BCUT2D eigenvalue weighted by Crippen LogP contribution is -2.17. The second-order valence-electron chi connectivity index (χ2n) is 10.5. The van der Waals surface area contributed by atoms with Crippen LogP contribution in [0, 0.1) is 0 Å². The SMILES string of the molecule is CCOC/C=C/c1ccc(-c2nc(/C(O)=C/C=C(\C)N3CCCC3)c(-c3ccc(N4CCCC4)cc3)n2N)cc1. The van der Waals surface area contributed by atoms with Gasteiger partial charge in [0, 0.05) is 55.3 Å². The fraction of sp³-hybridized carbons (Fsp3) is 0.364. The molecule has 0 unspecified atom stereocenters. The maximum atomic E-state index is 11.3. The summed E-state index contributed by atoms with van der Waals surface area (Å²) in [5.41, 5.74) is 6.37. The highest BCUT2D eigenvalue weighted by Gasteiger charge is 2.22. The maximum Gasteiger partial charge on any atom is 0.159 e. The summed E-state index contributed by atoms with van der Waals surface area (Å²) >= 11 is 0. The molecule has 2 aliphatic heterocycles. The zero-order valence-corrected chi connectivity index (χ0v) is 23.7. The molecule has 7 heteroatoms. The number of aliphatic hydroxyl groups is 1. The average molecular weight is 540 g/mol. The quantitative estimate of drug-likeness (QED) is 0.133. The van der Waals surface area contributed by atoms with Crippen LogP contribution in [0.3, 0.4) is 0 Å². The van der Waals surface area contributed by atoms with Crippen LogP contribution in [0.2, 0.25) is 0 Å². The lowest BCUT2D eigenvalue weighted by atomic mass is 10.1. The third-order valence-corrected chi connectivity index (χ3v) is 7.75. The van der Waals surface area contributed by atoms with E-state index >= 15 is 0 Å². The number of nitrogens with zero attached hydrogens (tertiary/aromatic N) is 4. The molecule has 2 aromatic carbocycles. The standard InChI is InChI=1S/C33H41N5O2/c1-3-40-24-8-9-26-11-13-28(14-12-26)33-35-31(30(39)19-10-25(2)36-20-4-5-21-36)32(38(33)34)27-15-17-29(18-16-27)37-22-6-7-23-37/h8-19,39H,3-7,20-24,34H2,1-2H3/b9-8+,25-10+,30-19-. The molecule has 3 heterocycles. The monoisotopic (exact) mass is 539 g/mol. The van der Waals surface area contributed by atoms with E-state index in [2.05, 4.69) is 41.0 Å². The molecule has 1 aromatic heterocycles. The van der Waals surface area contributed by atoms with Gasteiger partial charge in [0.1, 0.15) is 17.1 Å². The molecule has 5 rings (SSSR count). The number of ether oxygens (including phenoxy) is 1. The van der Waals surface area contributed by atoms with Crippen LogP contribution in [0.1, 0.15) is 50.8 Å². The highest BCUT2D eigenvalue weighted by atomic mass is 16.5. The largest absolute Gasteiger partial charge is 0.506 e. The van der Waals surface area contributed by atoms with Gasteiger partial charge in [0.05, 0.1) is 6.61 Å². The summed E-state index contributed by atoms with van der Waals surface area (Å²) in [4.78, 5) is 9.63. The van der Waals surface area contributed by atoms with Crippen LogP contribution in [0.25, 0.3) is 34.5 Å². The van der Waals surface area contributed by atoms with Crippen molar-refractivity contribution in [1.29, 1.82) is 0 Å². The van der Waals surface area contributed by atoms with Crippen LogP contribution in [0.15, 0.2) is 72.5 Å². The van der Waals surface area contributed by atoms with Crippen molar-refractivity contribution in [3.63, 3.8) is 0 Å². The van der Waals surface area contributed by atoms with Gasteiger partial charge in [0.2, 0.25) is 0 Å². The molecule has 0 spiro atoms. The van der Waals surface area contributed by atoms with Crippen molar-refractivity contribution in [3.8, 4) is 22.6 Å². The molecule has 2 saturated heterocycles. The Hall–Kier alpha value is -3.97. The van der Waals surface area contributed by atoms with Crippen molar-refractivity contribution >= 4 is 17.5 Å². The van der Waals surface area contributed by atoms with Crippen molar-refractivity contribution in [3.05, 3.63) is 83.7 Å². The van der Waals surface area contributed by atoms with Gasteiger partial charge >= 0.3 is 0 Å². The minimum atomic E-state index is 0.0955. The van der Waals surface area contributed by atoms with Crippen molar-refractivity contribution in [1.82, 2.24) is 14.6 Å². The number of aliphatic hydroxyl groups excluding tert-OH is 1. The van der Waals surface area contributed by atoms with Crippen LogP contribution in [-0.4, -0.2) is 59.1 Å². The molecule has 0 bridgehead atoms. The molecular formula is C33H41N5O2. The Labute approximate surface area is 237 Å². The number of likely N-dealkylation sites (tertiary alicyclic amines) is 1. The molecule has 2 fully saturated rings. The van der Waals surface area contributed by atoms with E-state index in [1.54, 1.807) is 10.8 Å². The van der Waals surface area contributed by atoms with Crippen LogP contribution in [-0.2, 0) is 4.74 Å². The normalized spacial score (nSPS) is 16.6. The maximum absolute atomic E-state index is 11.3. The van der Waals surface area contributed by atoms with Crippen LogP contribution < -0.4 is 10.7 Å². The molecule has 0 atom stereocenters. The molecule has 0 amide bonds. The number of nitrogen functional groups attached to an aromatic ring is 1. The topological polar surface area (TPSA) is 79.8 Å². The summed E-state index contributed by atoms with van der Waals surface area (Å²) in [5, 5.41) is 11.3. The number of aromatic nitrogens is 2. The molecule has 3 aromatic rings. The summed E-state index contributed by atoms with van der Waals surface area (Å²) in [6.07, 6.45) is 12.6. The van der Waals surface area contributed by atoms with Crippen molar-refractivity contribution in [2.24, 2.45) is 0 Å². The van der Waals surface area contributed by atoms with E-state index in [1.165, 1.54) is 31.4 Å². The predicted octanol–water partition coefficient (Wildman–Crippen LogP) is 6.48. The molecule has 7 nitrogen and oxygen atoms in total. The lowest BCUT2D eigenvalue weighted by Gasteiger charge is -2.18. The smallest absolute Gasteiger partial charge is 0.159 e. The van der Waals surface area contributed by atoms with Gasteiger partial charge in [-0.1, -0.05) is 48.6 Å². The van der Waals surface area contributed by atoms with E-state index in [0.29, 0.717) is 30.4 Å². The van der Waals surface area contributed by atoms with Gasteiger partial charge in [-0.2, -0.15) is 0 Å². The summed E-state index contributed by atoms with van der Waals surface area (Å²) in [7, 11) is 0. The molecule has 210 valence electrons. The summed E-state index contributed by atoms with van der Waals surface area (Å²) < 4.78 is 6.99. The second kappa shape index (κ2) is 12.9. The Kier molecular flexibility index (Phi) is 8.91. The van der Waals surface area contributed by atoms with E-state index in [4.69, 9.17) is 15.6 Å². The van der Waals surface area contributed by atoms with Gasteiger partial charge in [-0.25, -0.2) is 9.66 Å². The van der Waals surface area contributed by atoms with Crippen molar-refractivity contribution in [2.45, 2.75) is 39.5 Å². The summed E-state index contributed by atoms with van der Waals surface area (Å²) in [6, 6.07) is 16.5. The Morgan fingerprint density at radius 3 is 2.25 bits per heavy atom. The fourth-order valence-corrected chi connectivity index (χ4v) is 5.46. The highest BCUT2D eigenvalue weighted by Crippen LogP contribution is 2.33. The van der Waals surface area contributed by atoms with Crippen molar-refractivity contribution in [2.75, 3.05) is 50.1 Å². The number of nitrogens with two attached hydrogens (primary N) is 1. The van der Waals surface area contributed by atoms with Crippen molar-refractivity contribution < 1.29 is 9.84 Å². The van der Waals surface area contributed by atoms with E-state index in [0.717, 1.165) is 48.6 Å². The second-order valence-corrected chi connectivity index (χ2v) is 10.5. The Morgan fingerprint density at radius 2 is 1.57 bits per heavy atom. The number of benzene rings is 2. The third kappa shape index (κ3) is 6.26. The average Bonchev–Trinajstić information content (AvgIpc) is 3.77. The lowest BCUT2D eigenvalue weighted by molar-refractivity contribution is 0.178. The van der Waals surface area contributed by atoms with E-state index in [-0.39, 0.29) is 5.76 Å². The van der Waals surface area contributed by atoms with Crippen LogP contribution in [0.4, 0.5) is 5.69 Å². The number of hydrogen-bond acceptors (Lipinski definition) is 6. The molecule has 0 aliphatic carbocycles. The number of anilines is 1. The molecule has 3 N–H and O–H groups in total.